The van der Waals surface area contributed by atoms with E-state index < -0.39 is 68.0 Å². The van der Waals surface area contributed by atoms with Gasteiger partial charge in [0.15, 0.2) is 12.6 Å². The van der Waals surface area contributed by atoms with Crippen LogP contribution in [0.15, 0.2) is 5.11 Å². The molecule has 7 N–H and O–H groups in total. The molecule has 0 spiro atoms. The SMILES string of the molecule is [N-]=[N+]=NC[C@H]1O[C@H](O[C@H]2O[C@H](CO)[C@@H](O)[C@H](O)[C@H]2O)[C@H](O)[C@@H](O)[C@@H]1O. The van der Waals surface area contributed by atoms with E-state index in [1.54, 1.807) is 0 Å². The van der Waals surface area contributed by atoms with E-state index in [0.29, 0.717) is 0 Å². The quantitative estimate of drug-likeness (QED) is 0.141. The normalized spacial score (nSPS) is 48.0. The maximum atomic E-state index is 9.95. The van der Waals surface area contributed by atoms with Gasteiger partial charge in [0.25, 0.3) is 0 Å². The lowest BCUT2D eigenvalue weighted by Gasteiger charge is -2.44. The molecule has 2 aliphatic heterocycles. The van der Waals surface area contributed by atoms with Gasteiger partial charge >= 0.3 is 0 Å². The fourth-order valence-corrected chi connectivity index (χ4v) is 2.61. The molecule has 0 saturated carbocycles. The summed E-state index contributed by atoms with van der Waals surface area (Å²) in [6, 6.07) is 0. The van der Waals surface area contributed by atoms with E-state index >= 15 is 0 Å². The highest BCUT2D eigenvalue weighted by atomic mass is 16.8. The number of azide groups is 1. The molecule has 0 bridgehead atoms. The zero-order valence-corrected chi connectivity index (χ0v) is 12.9. The van der Waals surface area contributed by atoms with E-state index in [9.17, 15) is 30.6 Å². The second kappa shape index (κ2) is 8.53. The minimum absolute atomic E-state index is 0.365. The van der Waals surface area contributed by atoms with Crippen molar-refractivity contribution in [1.29, 1.82) is 0 Å². The molecular formula is C12H21N3O10. The summed E-state index contributed by atoms with van der Waals surface area (Å²) in [7, 11) is 0. The molecule has 13 nitrogen and oxygen atoms in total. The molecule has 2 heterocycles. The second-order valence-corrected chi connectivity index (χ2v) is 5.76. The fraction of sp³-hybridized carbons (Fsp3) is 1.00. The fourth-order valence-electron chi connectivity index (χ4n) is 2.61. The molecule has 25 heavy (non-hydrogen) atoms. The lowest BCUT2D eigenvalue weighted by atomic mass is 9.98. The summed E-state index contributed by atoms with van der Waals surface area (Å²) in [5.41, 5.74) is 8.32. The average molecular weight is 367 g/mol. The Labute approximate surface area is 141 Å². The summed E-state index contributed by atoms with van der Waals surface area (Å²) in [6.45, 7) is -1.05. The van der Waals surface area contributed by atoms with Crippen molar-refractivity contribution in [1.82, 2.24) is 0 Å². The predicted molar refractivity (Wildman–Crippen MR) is 75.5 cm³/mol. The van der Waals surface area contributed by atoms with Crippen molar-refractivity contribution < 1.29 is 50.0 Å². The molecule has 2 saturated heterocycles. The summed E-state index contributed by atoms with van der Waals surface area (Å²) in [5, 5.41) is 71.2. The van der Waals surface area contributed by atoms with Crippen LogP contribution in [0.2, 0.25) is 0 Å². The summed E-state index contributed by atoms with van der Waals surface area (Å²) in [6.07, 6.45) is -15.7. The Morgan fingerprint density at radius 1 is 0.800 bits per heavy atom. The topological polar surface area (TPSA) is 218 Å². The Hall–Kier alpha value is -1.09. The van der Waals surface area contributed by atoms with Gasteiger partial charge in [-0.15, -0.1) is 0 Å². The third-order valence-electron chi connectivity index (χ3n) is 4.11. The predicted octanol–water partition coefficient (Wildman–Crippen LogP) is -4.08. The van der Waals surface area contributed by atoms with Crippen molar-refractivity contribution in [2.24, 2.45) is 5.11 Å². The molecule has 144 valence electrons. The number of nitrogens with zero attached hydrogens (tertiary/aromatic N) is 3. The second-order valence-electron chi connectivity index (χ2n) is 5.76. The number of aliphatic hydroxyl groups excluding tert-OH is 7. The molecule has 0 unspecified atom stereocenters. The van der Waals surface area contributed by atoms with Gasteiger partial charge in [-0.3, -0.25) is 0 Å². The standard InChI is InChI=1S/C12H21N3O10/c13-15-14-1-3-5(17)7(19)9(21)11(23-3)25-12-10(22)8(20)6(18)4(2-16)24-12/h3-12,16-22H,1-2H2/t3-,4-,5-,6-,7+,8+,9-,10-,11-,12-/m1/s1. The molecule has 10 atom stereocenters. The number of aliphatic hydroxyl groups is 7. The lowest BCUT2D eigenvalue weighted by molar-refractivity contribution is -0.374. The first-order chi connectivity index (χ1) is 11.8. The van der Waals surface area contributed by atoms with Crippen LogP contribution in [-0.2, 0) is 14.2 Å². The van der Waals surface area contributed by atoms with Crippen molar-refractivity contribution >= 4 is 0 Å². The van der Waals surface area contributed by atoms with Crippen molar-refractivity contribution in [3.8, 4) is 0 Å². The van der Waals surface area contributed by atoms with Crippen LogP contribution in [0.1, 0.15) is 0 Å². The molecular weight excluding hydrogens is 346 g/mol. The molecule has 2 rings (SSSR count). The van der Waals surface area contributed by atoms with Crippen LogP contribution < -0.4 is 0 Å². The van der Waals surface area contributed by atoms with Crippen LogP contribution >= 0.6 is 0 Å². The minimum atomic E-state index is -1.75. The van der Waals surface area contributed by atoms with Gasteiger partial charge in [-0.2, -0.15) is 0 Å². The van der Waals surface area contributed by atoms with Crippen LogP contribution in [0.5, 0.6) is 0 Å². The van der Waals surface area contributed by atoms with E-state index in [1.165, 1.54) is 0 Å². The summed E-state index contributed by atoms with van der Waals surface area (Å²) in [4.78, 5) is 2.50. The monoisotopic (exact) mass is 367 g/mol. The average Bonchev–Trinajstić information content (AvgIpc) is 2.61. The van der Waals surface area contributed by atoms with Gasteiger partial charge in [0.2, 0.25) is 0 Å². The van der Waals surface area contributed by atoms with Crippen molar-refractivity contribution in [3.63, 3.8) is 0 Å². The van der Waals surface area contributed by atoms with Crippen molar-refractivity contribution in [2.75, 3.05) is 13.2 Å². The maximum Gasteiger partial charge on any atom is 0.189 e. The Kier molecular flexibility index (Phi) is 6.90. The molecule has 0 aromatic rings. The highest BCUT2D eigenvalue weighted by Gasteiger charge is 2.49. The van der Waals surface area contributed by atoms with Gasteiger partial charge in [-0.25, -0.2) is 0 Å². The number of hydrogen-bond acceptors (Lipinski definition) is 11. The molecule has 0 aliphatic carbocycles. The maximum absolute atomic E-state index is 9.95. The first-order valence-corrected chi connectivity index (χ1v) is 7.48. The van der Waals surface area contributed by atoms with E-state index in [-0.39, 0.29) is 6.54 Å². The van der Waals surface area contributed by atoms with E-state index in [4.69, 9.17) is 24.8 Å². The van der Waals surface area contributed by atoms with E-state index in [0.717, 1.165) is 0 Å². The highest BCUT2D eigenvalue weighted by molar-refractivity contribution is 4.92. The van der Waals surface area contributed by atoms with Gasteiger partial charge < -0.3 is 50.0 Å². The number of ether oxygens (including phenoxy) is 3. The Balaban J connectivity index is 2.09. The van der Waals surface area contributed by atoms with Crippen molar-refractivity contribution in [2.45, 2.75) is 61.4 Å². The van der Waals surface area contributed by atoms with Gasteiger partial charge in [0.05, 0.1) is 19.3 Å². The number of hydrogen-bond donors (Lipinski definition) is 7. The van der Waals surface area contributed by atoms with Gasteiger partial charge in [-0.05, 0) is 5.53 Å². The molecule has 0 aromatic carbocycles. The highest BCUT2D eigenvalue weighted by Crippen LogP contribution is 2.28. The summed E-state index contributed by atoms with van der Waals surface area (Å²) >= 11 is 0. The van der Waals surface area contributed by atoms with E-state index in [2.05, 4.69) is 10.0 Å². The van der Waals surface area contributed by atoms with E-state index in [1.807, 2.05) is 0 Å². The Morgan fingerprint density at radius 2 is 1.28 bits per heavy atom. The lowest BCUT2D eigenvalue weighted by Crippen LogP contribution is -2.63. The first-order valence-electron chi connectivity index (χ1n) is 7.48. The summed E-state index contributed by atoms with van der Waals surface area (Å²) < 4.78 is 15.5. The third-order valence-corrected chi connectivity index (χ3v) is 4.11. The number of rotatable bonds is 5. The molecule has 0 aromatic heterocycles. The zero-order chi connectivity index (χ0) is 18.7. The van der Waals surface area contributed by atoms with Gasteiger partial charge in [-0.1, -0.05) is 5.11 Å². The summed E-state index contributed by atoms with van der Waals surface area (Å²) in [5.74, 6) is 0. The molecule has 0 amide bonds. The van der Waals surface area contributed by atoms with Crippen LogP contribution in [0, 0.1) is 0 Å². The largest absolute Gasteiger partial charge is 0.394 e. The van der Waals surface area contributed by atoms with Crippen molar-refractivity contribution in [3.05, 3.63) is 10.4 Å². The smallest absolute Gasteiger partial charge is 0.189 e. The van der Waals surface area contributed by atoms with Gasteiger partial charge in [0, 0.05) is 4.91 Å². The van der Waals surface area contributed by atoms with Crippen LogP contribution in [-0.4, -0.2) is 110 Å². The molecule has 13 heteroatoms. The zero-order valence-electron chi connectivity index (χ0n) is 12.9. The Morgan fingerprint density at radius 3 is 1.76 bits per heavy atom. The Bertz CT molecular complexity index is 490. The van der Waals surface area contributed by atoms with Gasteiger partial charge in [0.1, 0.15) is 42.7 Å². The van der Waals surface area contributed by atoms with Crippen LogP contribution in [0.4, 0.5) is 0 Å². The molecule has 2 fully saturated rings. The first kappa shape index (κ1) is 20.2. The van der Waals surface area contributed by atoms with Crippen LogP contribution in [0.25, 0.3) is 10.4 Å². The van der Waals surface area contributed by atoms with Crippen LogP contribution in [0.3, 0.4) is 0 Å². The molecule has 0 radical (unpaired) electrons. The molecule has 2 aliphatic rings. The minimum Gasteiger partial charge on any atom is -0.394 e. The third kappa shape index (κ3) is 4.19.